The van der Waals surface area contributed by atoms with Gasteiger partial charge >= 0.3 is 12.0 Å². The van der Waals surface area contributed by atoms with Crippen molar-refractivity contribution in [2.45, 2.75) is 74.9 Å². The number of unbranched alkanes of at least 4 members (excludes halogenated alkanes) is 1. The monoisotopic (exact) mass is 355 g/mol. The minimum absolute atomic E-state index is 0.0415. The first-order valence-electron chi connectivity index (χ1n) is 8.70. The molecule has 0 aromatic rings. The van der Waals surface area contributed by atoms with Gasteiger partial charge in [-0.15, -0.1) is 0 Å². The summed E-state index contributed by atoms with van der Waals surface area (Å²) in [6.07, 6.45) is 4.89. The summed E-state index contributed by atoms with van der Waals surface area (Å²) in [4.78, 5) is 36.5. The Morgan fingerprint density at radius 2 is 2.08 bits per heavy atom. The third kappa shape index (κ3) is 3.79. The normalized spacial score (nSPS) is 29.5. The van der Waals surface area contributed by atoms with Crippen molar-refractivity contribution in [1.29, 1.82) is 0 Å². The molecule has 134 valence electrons. The lowest BCUT2D eigenvalue weighted by Crippen LogP contribution is -2.44. The van der Waals surface area contributed by atoms with Crippen molar-refractivity contribution in [2.75, 3.05) is 5.75 Å². The molecule has 0 bridgehead atoms. The highest BCUT2D eigenvalue weighted by Gasteiger charge is 2.42. The van der Waals surface area contributed by atoms with E-state index in [4.69, 9.17) is 5.11 Å². The van der Waals surface area contributed by atoms with Gasteiger partial charge in [0.25, 0.3) is 0 Å². The molecular weight excluding hydrogens is 330 g/mol. The van der Waals surface area contributed by atoms with Crippen LogP contribution in [0.1, 0.15) is 45.4 Å². The first-order chi connectivity index (χ1) is 11.5. The van der Waals surface area contributed by atoms with Crippen LogP contribution in [-0.2, 0) is 9.59 Å². The summed E-state index contributed by atoms with van der Waals surface area (Å²) in [5.74, 6) is -0.0354. The number of nitrogens with one attached hydrogen (secondary N) is 2. The Hall–Kier alpha value is -1.44. The lowest BCUT2D eigenvalue weighted by atomic mass is 10.0. The summed E-state index contributed by atoms with van der Waals surface area (Å²) >= 11 is 1.88. The summed E-state index contributed by atoms with van der Waals surface area (Å²) in [5.41, 5.74) is 0. The number of hydrogen-bond acceptors (Lipinski definition) is 4. The van der Waals surface area contributed by atoms with Gasteiger partial charge in [-0.3, -0.25) is 4.79 Å². The standard InChI is InChI=1S/C16H25N3O4S/c1-9(15(21)22)19(10-6-7-10)13(20)5-3-2-4-12-14-11(8-24-12)17-16(23)18-14/h9-12,14H,2-8H2,1H3,(H,21,22)(H2,17,18,23)/t9?,11-,12-,14-/m0/s1. The van der Waals surface area contributed by atoms with Gasteiger partial charge in [0.15, 0.2) is 0 Å². The third-order valence-electron chi connectivity index (χ3n) is 5.07. The first kappa shape index (κ1) is 17.4. The molecule has 2 heterocycles. The van der Waals surface area contributed by atoms with E-state index in [-0.39, 0.29) is 30.1 Å². The lowest BCUT2D eigenvalue weighted by molar-refractivity contribution is -0.150. The Labute approximate surface area is 145 Å². The molecule has 0 radical (unpaired) electrons. The molecule has 3 amide bonds. The smallest absolute Gasteiger partial charge is 0.326 e. The van der Waals surface area contributed by atoms with Crippen molar-refractivity contribution < 1.29 is 19.5 Å². The predicted octanol–water partition coefficient (Wildman–Crippen LogP) is 1.18. The minimum Gasteiger partial charge on any atom is -0.480 e. The van der Waals surface area contributed by atoms with Crippen molar-refractivity contribution in [3.05, 3.63) is 0 Å². The zero-order valence-corrected chi connectivity index (χ0v) is 14.7. The van der Waals surface area contributed by atoms with Crippen LogP contribution in [0.15, 0.2) is 0 Å². The molecule has 3 N–H and O–H groups in total. The summed E-state index contributed by atoms with van der Waals surface area (Å²) in [7, 11) is 0. The fraction of sp³-hybridized carbons (Fsp3) is 0.812. The number of thioether (sulfide) groups is 1. The van der Waals surface area contributed by atoms with E-state index in [0.717, 1.165) is 37.9 Å². The van der Waals surface area contributed by atoms with E-state index in [1.807, 2.05) is 11.8 Å². The second-order valence-corrected chi connectivity index (χ2v) is 8.19. The lowest BCUT2D eigenvalue weighted by Gasteiger charge is -2.26. The molecule has 1 aliphatic carbocycles. The highest BCUT2D eigenvalue weighted by atomic mass is 32.2. The Morgan fingerprint density at radius 3 is 2.75 bits per heavy atom. The molecule has 7 nitrogen and oxygen atoms in total. The number of amides is 3. The molecule has 4 atom stereocenters. The number of carboxylic acid groups (broad SMARTS) is 1. The number of aliphatic carboxylic acids is 1. The Morgan fingerprint density at radius 1 is 1.33 bits per heavy atom. The van der Waals surface area contributed by atoms with Crippen LogP contribution >= 0.6 is 11.8 Å². The maximum Gasteiger partial charge on any atom is 0.326 e. The van der Waals surface area contributed by atoms with Crippen LogP contribution in [0.3, 0.4) is 0 Å². The van der Waals surface area contributed by atoms with E-state index in [1.165, 1.54) is 0 Å². The highest BCUT2D eigenvalue weighted by molar-refractivity contribution is 8.00. The maximum atomic E-state index is 12.4. The fourth-order valence-electron chi connectivity index (χ4n) is 3.60. The molecule has 3 fully saturated rings. The molecule has 0 aromatic heterocycles. The summed E-state index contributed by atoms with van der Waals surface area (Å²) < 4.78 is 0. The van der Waals surface area contributed by atoms with Gasteiger partial charge in [-0.25, -0.2) is 9.59 Å². The summed E-state index contributed by atoms with van der Waals surface area (Å²) in [6, 6.07) is -0.261. The van der Waals surface area contributed by atoms with Crippen LogP contribution < -0.4 is 10.6 Å². The Kier molecular flexibility index (Phi) is 5.22. The molecule has 1 saturated carbocycles. The number of hydrogen-bond donors (Lipinski definition) is 3. The van der Waals surface area contributed by atoms with E-state index >= 15 is 0 Å². The van der Waals surface area contributed by atoms with Gasteiger partial charge in [0.05, 0.1) is 12.1 Å². The molecule has 1 unspecified atom stereocenters. The molecule has 0 spiro atoms. The maximum absolute atomic E-state index is 12.4. The molecule has 3 rings (SSSR count). The van der Waals surface area contributed by atoms with Crippen LogP contribution in [0.5, 0.6) is 0 Å². The van der Waals surface area contributed by atoms with Gasteiger partial charge in [-0.05, 0) is 32.6 Å². The largest absolute Gasteiger partial charge is 0.480 e. The van der Waals surface area contributed by atoms with E-state index in [9.17, 15) is 14.4 Å². The second kappa shape index (κ2) is 7.21. The van der Waals surface area contributed by atoms with E-state index in [0.29, 0.717) is 11.7 Å². The average molecular weight is 355 g/mol. The number of nitrogens with zero attached hydrogens (tertiary/aromatic N) is 1. The fourth-order valence-corrected chi connectivity index (χ4v) is 5.14. The third-order valence-corrected chi connectivity index (χ3v) is 6.58. The Balaban J connectivity index is 1.40. The molecule has 0 aromatic carbocycles. The van der Waals surface area contributed by atoms with Gasteiger partial charge in [-0.2, -0.15) is 11.8 Å². The first-order valence-corrected chi connectivity index (χ1v) is 9.75. The summed E-state index contributed by atoms with van der Waals surface area (Å²) in [6.45, 7) is 1.59. The minimum atomic E-state index is -0.937. The van der Waals surface area contributed by atoms with Crippen LogP contribution in [-0.4, -0.2) is 63.1 Å². The van der Waals surface area contributed by atoms with Gasteiger partial charge in [0.1, 0.15) is 6.04 Å². The summed E-state index contributed by atoms with van der Waals surface area (Å²) in [5, 5.41) is 15.5. The highest BCUT2D eigenvalue weighted by Crippen LogP contribution is 2.33. The quantitative estimate of drug-likeness (QED) is 0.448. The number of fused-ring (bicyclic) bond motifs is 1. The van der Waals surface area contributed by atoms with Crippen molar-refractivity contribution in [3.8, 4) is 0 Å². The predicted molar refractivity (Wildman–Crippen MR) is 90.9 cm³/mol. The number of carbonyl (C=O) groups is 3. The molecule has 24 heavy (non-hydrogen) atoms. The van der Waals surface area contributed by atoms with Gasteiger partial charge in [0.2, 0.25) is 5.91 Å². The van der Waals surface area contributed by atoms with Crippen molar-refractivity contribution in [1.82, 2.24) is 15.5 Å². The molecule has 8 heteroatoms. The topological polar surface area (TPSA) is 98.7 Å². The number of carbonyl (C=O) groups excluding carboxylic acids is 2. The van der Waals surface area contributed by atoms with Crippen molar-refractivity contribution in [2.24, 2.45) is 0 Å². The van der Waals surface area contributed by atoms with Crippen molar-refractivity contribution in [3.63, 3.8) is 0 Å². The Bertz CT molecular complexity index is 525. The van der Waals surface area contributed by atoms with Crippen LogP contribution in [0.2, 0.25) is 0 Å². The van der Waals surface area contributed by atoms with E-state index in [2.05, 4.69) is 10.6 Å². The average Bonchev–Trinajstić information content (AvgIpc) is 3.19. The molecular formula is C16H25N3O4S. The van der Waals surface area contributed by atoms with Gasteiger partial charge < -0.3 is 20.6 Å². The van der Waals surface area contributed by atoms with E-state index < -0.39 is 12.0 Å². The van der Waals surface area contributed by atoms with Crippen molar-refractivity contribution >= 4 is 29.7 Å². The molecule has 2 saturated heterocycles. The van der Waals surface area contributed by atoms with Crippen LogP contribution in [0.25, 0.3) is 0 Å². The van der Waals surface area contributed by atoms with Gasteiger partial charge in [-0.1, -0.05) is 6.42 Å². The van der Waals surface area contributed by atoms with E-state index in [1.54, 1.807) is 11.8 Å². The van der Waals surface area contributed by atoms with Crippen LogP contribution in [0, 0.1) is 0 Å². The second-order valence-electron chi connectivity index (χ2n) is 6.91. The zero-order chi connectivity index (χ0) is 17.3. The zero-order valence-electron chi connectivity index (χ0n) is 13.9. The SMILES string of the molecule is CC(C(=O)O)N(C(=O)CCCC[C@@H]1SC[C@@H]2NC(=O)N[C@@H]21)C1CC1. The van der Waals surface area contributed by atoms with Gasteiger partial charge in [0, 0.05) is 23.5 Å². The molecule has 2 aliphatic heterocycles. The number of rotatable bonds is 8. The number of urea groups is 1. The van der Waals surface area contributed by atoms with Crippen LogP contribution in [0.4, 0.5) is 4.79 Å². The molecule has 3 aliphatic rings. The number of carboxylic acids is 1.